The standard InChI is InChI=1S/C18H19N3O4/c22-9-12-16(11-4-2-1-3-5-11)18(12)10-21(8-14(18)23)17(25)13-6-20-15(24)7-19-13/h1-7,12,14,16,22-23H,8-10H2,(H,20,24)/t12-,14+,16-,18-/m1/s1. The number of nitrogens with one attached hydrogen (secondary N) is 1. The van der Waals surface area contributed by atoms with E-state index in [2.05, 4.69) is 9.97 Å². The first-order valence-corrected chi connectivity index (χ1v) is 8.26. The summed E-state index contributed by atoms with van der Waals surface area (Å²) in [5.74, 6) is -0.385. The second-order valence-corrected chi connectivity index (χ2v) is 6.79. The third kappa shape index (κ3) is 2.39. The van der Waals surface area contributed by atoms with Gasteiger partial charge in [-0.2, -0.15) is 0 Å². The zero-order valence-corrected chi connectivity index (χ0v) is 13.5. The van der Waals surface area contributed by atoms with Gasteiger partial charge in [0.05, 0.1) is 12.3 Å². The summed E-state index contributed by atoms with van der Waals surface area (Å²) in [7, 11) is 0. The number of nitrogens with zero attached hydrogens (tertiary/aromatic N) is 2. The van der Waals surface area contributed by atoms with E-state index in [1.807, 2.05) is 30.3 Å². The van der Waals surface area contributed by atoms with E-state index in [1.54, 1.807) is 4.90 Å². The minimum Gasteiger partial charge on any atom is -0.396 e. The summed E-state index contributed by atoms with van der Waals surface area (Å²) in [5.41, 5.74) is 0.313. The number of likely N-dealkylation sites (tertiary alicyclic amines) is 1. The fourth-order valence-electron chi connectivity index (χ4n) is 4.34. The van der Waals surface area contributed by atoms with E-state index in [0.29, 0.717) is 6.54 Å². The first-order valence-electron chi connectivity index (χ1n) is 8.26. The van der Waals surface area contributed by atoms with Crippen LogP contribution in [0.15, 0.2) is 47.5 Å². The van der Waals surface area contributed by atoms with E-state index in [9.17, 15) is 19.8 Å². The second-order valence-electron chi connectivity index (χ2n) is 6.79. The van der Waals surface area contributed by atoms with Gasteiger partial charge >= 0.3 is 0 Å². The Kier molecular flexibility index (Phi) is 3.70. The number of aromatic nitrogens is 2. The van der Waals surface area contributed by atoms with Crippen LogP contribution < -0.4 is 5.56 Å². The molecule has 0 bridgehead atoms. The molecule has 2 aliphatic rings. The molecule has 7 heteroatoms. The monoisotopic (exact) mass is 341 g/mol. The summed E-state index contributed by atoms with van der Waals surface area (Å²) in [5, 5.41) is 20.5. The highest BCUT2D eigenvalue weighted by Crippen LogP contribution is 2.68. The molecule has 1 aromatic carbocycles. The SMILES string of the molecule is O=C(c1c[nH]c(=O)cn1)N1C[C@H](O)[C@@]2(C1)[C@H](CO)[C@H]2c1ccccc1. The predicted molar refractivity (Wildman–Crippen MR) is 89.0 cm³/mol. The number of hydrogen-bond acceptors (Lipinski definition) is 5. The number of amides is 1. The van der Waals surface area contributed by atoms with E-state index >= 15 is 0 Å². The third-order valence-electron chi connectivity index (χ3n) is 5.57. The number of β-amino-alcohol motifs (C(OH)–C–C–N with tert-alkyl or cyclic N) is 1. The van der Waals surface area contributed by atoms with Crippen LogP contribution in [0.3, 0.4) is 0 Å². The Bertz CT molecular complexity index is 832. The Labute approximate surface area is 144 Å². The van der Waals surface area contributed by atoms with Gasteiger partial charge in [-0.25, -0.2) is 4.98 Å². The summed E-state index contributed by atoms with van der Waals surface area (Å²) < 4.78 is 0. The van der Waals surface area contributed by atoms with Crippen LogP contribution in [0.4, 0.5) is 0 Å². The summed E-state index contributed by atoms with van der Waals surface area (Å²) in [6.07, 6.45) is 1.64. The Morgan fingerprint density at radius 1 is 1.36 bits per heavy atom. The number of rotatable bonds is 3. The van der Waals surface area contributed by atoms with E-state index in [1.165, 1.54) is 6.20 Å². The molecule has 25 heavy (non-hydrogen) atoms. The van der Waals surface area contributed by atoms with Crippen molar-refractivity contribution in [3.63, 3.8) is 0 Å². The molecule has 4 rings (SSSR count). The molecule has 4 atom stereocenters. The fourth-order valence-corrected chi connectivity index (χ4v) is 4.34. The molecular weight excluding hydrogens is 322 g/mol. The van der Waals surface area contributed by atoms with Crippen molar-refractivity contribution in [2.24, 2.45) is 11.3 Å². The summed E-state index contributed by atoms with van der Waals surface area (Å²) in [6.45, 7) is 0.521. The van der Waals surface area contributed by atoms with Crippen molar-refractivity contribution < 1.29 is 15.0 Å². The van der Waals surface area contributed by atoms with Crippen molar-refractivity contribution >= 4 is 5.91 Å². The predicted octanol–water partition coefficient (Wildman–Crippen LogP) is -0.0211. The number of carbonyl (C=O) groups excluding carboxylic acids is 1. The molecule has 1 aliphatic carbocycles. The van der Waals surface area contributed by atoms with Crippen LogP contribution in [-0.2, 0) is 0 Å². The zero-order chi connectivity index (χ0) is 17.6. The Hall–Kier alpha value is -2.51. The van der Waals surface area contributed by atoms with Gasteiger partial charge in [-0.3, -0.25) is 9.59 Å². The summed E-state index contributed by atoms with van der Waals surface area (Å²) >= 11 is 0. The van der Waals surface area contributed by atoms with Crippen molar-refractivity contribution in [1.29, 1.82) is 0 Å². The highest BCUT2D eigenvalue weighted by molar-refractivity contribution is 5.92. The summed E-state index contributed by atoms with van der Waals surface area (Å²) in [6, 6.07) is 9.77. The van der Waals surface area contributed by atoms with Gasteiger partial charge in [-0.1, -0.05) is 30.3 Å². The molecular formula is C18H19N3O4. The number of aliphatic hydroxyl groups is 2. The number of hydrogen-bond donors (Lipinski definition) is 3. The molecule has 2 fully saturated rings. The molecule has 2 heterocycles. The maximum absolute atomic E-state index is 12.6. The average Bonchev–Trinajstić information content (AvgIpc) is 3.17. The van der Waals surface area contributed by atoms with Crippen LogP contribution in [0.2, 0.25) is 0 Å². The van der Waals surface area contributed by atoms with Crippen molar-refractivity contribution in [3.8, 4) is 0 Å². The molecule has 1 aromatic heterocycles. The lowest BCUT2D eigenvalue weighted by molar-refractivity contribution is 0.0758. The quantitative estimate of drug-likeness (QED) is 0.727. The lowest BCUT2D eigenvalue weighted by Gasteiger charge is -2.16. The van der Waals surface area contributed by atoms with Crippen LogP contribution in [0.5, 0.6) is 0 Å². The van der Waals surface area contributed by atoms with Crippen molar-refractivity contribution in [2.75, 3.05) is 19.7 Å². The van der Waals surface area contributed by atoms with Gasteiger partial charge in [-0.15, -0.1) is 0 Å². The lowest BCUT2D eigenvalue weighted by Crippen LogP contribution is -2.31. The molecule has 0 unspecified atom stereocenters. The zero-order valence-electron chi connectivity index (χ0n) is 13.5. The van der Waals surface area contributed by atoms with Gasteiger partial charge < -0.3 is 20.1 Å². The molecule has 1 amide bonds. The first-order chi connectivity index (χ1) is 12.1. The van der Waals surface area contributed by atoms with Crippen molar-refractivity contribution in [2.45, 2.75) is 12.0 Å². The topological polar surface area (TPSA) is 107 Å². The van der Waals surface area contributed by atoms with E-state index in [4.69, 9.17) is 0 Å². The molecule has 3 N–H and O–H groups in total. The number of aliphatic hydroxyl groups excluding tert-OH is 2. The molecule has 1 saturated heterocycles. The number of carbonyl (C=O) groups is 1. The Balaban J connectivity index is 1.60. The van der Waals surface area contributed by atoms with E-state index in [0.717, 1.165) is 11.8 Å². The van der Waals surface area contributed by atoms with Crippen LogP contribution in [-0.4, -0.2) is 56.8 Å². The minimum absolute atomic E-state index is 0.0232. The number of H-pyrrole nitrogens is 1. The average molecular weight is 341 g/mol. The number of aromatic amines is 1. The molecule has 1 spiro atoms. The molecule has 0 radical (unpaired) electrons. The third-order valence-corrected chi connectivity index (χ3v) is 5.57. The molecule has 1 saturated carbocycles. The van der Waals surface area contributed by atoms with E-state index < -0.39 is 11.5 Å². The first kappa shape index (κ1) is 16.0. The van der Waals surface area contributed by atoms with E-state index in [-0.39, 0.29) is 42.1 Å². The van der Waals surface area contributed by atoms with Crippen molar-refractivity contribution in [1.82, 2.24) is 14.9 Å². The van der Waals surface area contributed by atoms with Crippen LogP contribution in [0, 0.1) is 11.3 Å². The van der Waals surface area contributed by atoms with Crippen LogP contribution in [0.25, 0.3) is 0 Å². The molecule has 2 aromatic rings. The van der Waals surface area contributed by atoms with Gasteiger partial charge in [0.2, 0.25) is 0 Å². The molecule has 7 nitrogen and oxygen atoms in total. The van der Waals surface area contributed by atoms with Crippen molar-refractivity contribution in [3.05, 3.63) is 64.3 Å². The summed E-state index contributed by atoms with van der Waals surface area (Å²) in [4.78, 5) is 31.6. The Morgan fingerprint density at radius 2 is 2.12 bits per heavy atom. The highest BCUT2D eigenvalue weighted by atomic mass is 16.3. The van der Waals surface area contributed by atoms with Crippen LogP contribution in [0.1, 0.15) is 22.0 Å². The maximum atomic E-state index is 12.6. The largest absolute Gasteiger partial charge is 0.396 e. The normalized spacial score (nSPS) is 30.6. The molecule has 130 valence electrons. The van der Waals surface area contributed by atoms with Gasteiger partial charge in [0, 0.05) is 31.3 Å². The molecule has 1 aliphatic heterocycles. The Morgan fingerprint density at radius 3 is 2.76 bits per heavy atom. The highest BCUT2D eigenvalue weighted by Gasteiger charge is 2.71. The smallest absolute Gasteiger partial charge is 0.274 e. The van der Waals surface area contributed by atoms with Gasteiger partial charge in [-0.05, 0) is 17.4 Å². The van der Waals surface area contributed by atoms with Crippen LogP contribution >= 0.6 is 0 Å². The number of benzene rings is 1. The minimum atomic E-state index is -0.707. The second kappa shape index (κ2) is 5.79. The fraction of sp³-hybridized carbons (Fsp3) is 0.389. The maximum Gasteiger partial charge on any atom is 0.274 e. The van der Waals surface area contributed by atoms with Gasteiger partial charge in [0.25, 0.3) is 11.5 Å². The van der Waals surface area contributed by atoms with Gasteiger partial charge in [0.15, 0.2) is 0 Å². The lowest BCUT2D eigenvalue weighted by atomic mass is 9.95. The van der Waals surface area contributed by atoms with Gasteiger partial charge in [0.1, 0.15) is 5.69 Å².